The molecule has 3 aromatic rings. The van der Waals surface area contributed by atoms with Gasteiger partial charge in [0.15, 0.2) is 0 Å². The van der Waals surface area contributed by atoms with E-state index in [2.05, 4.69) is 21.3 Å². The number of hydrogen-bond donors (Lipinski definition) is 6. The van der Waals surface area contributed by atoms with Gasteiger partial charge in [0.1, 0.15) is 23.7 Å². The Labute approximate surface area is 259 Å². The maximum Gasteiger partial charge on any atom is 0.336 e. The third kappa shape index (κ3) is 10.9. The summed E-state index contributed by atoms with van der Waals surface area (Å²) >= 11 is 0. The quantitative estimate of drug-likeness (QED) is 0.101. The van der Waals surface area contributed by atoms with Crippen LogP contribution >= 0.6 is 0 Å². The number of anilines is 1. The number of carboxylic acids is 1. The zero-order chi connectivity index (χ0) is 32.9. The Kier molecular flexibility index (Phi) is 12.8. The highest BCUT2D eigenvalue weighted by molar-refractivity contribution is 6.00. The third-order valence-electron chi connectivity index (χ3n) is 7.05. The molecule has 0 aliphatic heterocycles. The van der Waals surface area contributed by atoms with Crippen molar-refractivity contribution >= 4 is 46.3 Å². The van der Waals surface area contributed by atoms with E-state index in [9.17, 15) is 28.8 Å². The fourth-order valence-corrected chi connectivity index (χ4v) is 4.62. The largest absolute Gasteiger partial charge is 0.481 e. The van der Waals surface area contributed by atoms with Gasteiger partial charge in [-0.15, -0.1) is 0 Å². The smallest absolute Gasteiger partial charge is 0.336 e. The van der Waals surface area contributed by atoms with Crippen LogP contribution in [0.5, 0.6) is 0 Å². The van der Waals surface area contributed by atoms with Crippen molar-refractivity contribution in [2.75, 3.05) is 11.9 Å². The third-order valence-corrected chi connectivity index (χ3v) is 7.05. The van der Waals surface area contributed by atoms with Crippen molar-refractivity contribution in [3.63, 3.8) is 0 Å². The maximum absolute atomic E-state index is 13.6. The topological polar surface area (TPSA) is 210 Å². The Morgan fingerprint density at radius 3 is 2.27 bits per heavy atom. The first-order valence-electron chi connectivity index (χ1n) is 14.7. The molecule has 0 unspecified atom stereocenters. The second kappa shape index (κ2) is 16.7. The van der Waals surface area contributed by atoms with Crippen LogP contribution in [0.3, 0.4) is 0 Å². The first-order chi connectivity index (χ1) is 21.5. The molecule has 2 aromatic carbocycles. The standard InChI is InChI=1S/C32H39N5O8/c1-19-16-29(41)45-26-18-22(11-12-23(19)26)35-31(43)24(10-6-7-15-33)36-32(44)25(17-21-8-4-3-5-9-21)37-30(42)20(2)34-27(38)13-14-28(39)40/h3-5,8-9,11-12,16,18,20,24-25H,6-7,10,13-15,17,33H2,1-2H3,(H,34,38)(H,35,43)(H,36,44)(H,37,42)(H,39,40)/t20-,24-,25-/m0/s1. The van der Waals surface area contributed by atoms with E-state index in [1.165, 1.54) is 19.1 Å². The molecule has 1 aromatic heterocycles. The minimum absolute atomic E-state index is 0.0955. The van der Waals surface area contributed by atoms with Crippen LogP contribution in [0.4, 0.5) is 5.69 Å². The molecule has 0 saturated heterocycles. The Balaban J connectivity index is 1.78. The van der Waals surface area contributed by atoms with Crippen molar-refractivity contribution in [1.82, 2.24) is 16.0 Å². The van der Waals surface area contributed by atoms with Gasteiger partial charge in [0, 0.05) is 36.0 Å². The van der Waals surface area contributed by atoms with Crippen LogP contribution in [0, 0.1) is 6.92 Å². The maximum atomic E-state index is 13.6. The van der Waals surface area contributed by atoms with E-state index >= 15 is 0 Å². The van der Waals surface area contributed by atoms with Crippen molar-refractivity contribution in [1.29, 1.82) is 0 Å². The van der Waals surface area contributed by atoms with E-state index in [1.54, 1.807) is 43.3 Å². The number of carbonyl (C=O) groups is 5. The van der Waals surface area contributed by atoms with Crippen molar-refractivity contribution in [2.24, 2.45) is 5.73 Å². The lowest BCUT2D eigenvalue weighted by Crippen LogP contribution is -2.56. The molecule has 3 atom stereocenters. The lowest BCUT2D eigenvalue weighted by Gasteiger charge is -2.25. The molecule has 0 aliphatic rings. The van der Waals surface area contributed by atoms with Gasteiger partial charge in [-0.05, 0) is 62.9 Å². The van der Waals surface area contributed by atoms with Crippen LogP contribution in [-0.2, 0) is 30.4 Å². The molecule has 1 heterocycles. The number of benzene rings is 2. The Bertz CT molecular complexity index is 1570. The van der Waals surface area contributed by atoms with Gasteiger partial charge < -0.3 is 36.5 Å². The molecular weight excluding hydrogens is 582 g/mol. The number of amides is 4. The van der Waals surface area contributed by atoms with Crippen LogP contribution in [0.1, 0.15) is 50.2 Å². The summed E-state index contributed by atoms with van der Waals surface area (Å²) in [6.45, 7) is 3.59. The zero-order valence-corrected chi connectivity index (χ0v) is 25.3. The molecular formula is C32H39N5O8. The van der Waals surface area contributed by atoms with Gasteiger partial charge in [-0.3, -0.25) is 24.0 Å². The van der Waals surface area contributed by atoms with Crippen molar-refractivity contribution < 1.29 is 33.5 Å². The molecule has 0 saturated carbocycles. The molecule has 0 bridgehead atoms. The van der Waals surface area contributed by atoms with E-state index in [0.29, 0.717) is 36.0 Å². The average Bonchev–Trinajstić information content (AvgIpc) is 2.99. The van der Waals surface area contributed by atoms with E-state index in [1.807, 2.05) is 6.07 Å². The van der Waals surface area contributed by atoms with Crippen LogP contribution in [-0.4, -0.2) is 59.4 Å². The molecule has 240 valence electrons. The molecule has 0 aliphatic carbocycles. The summed E-state index contributed by atoms with van der Waals surface area (Å²) in [7, 11) is 0. The molecule has 45 heavy (non-hydrogen) atoms. The van der Waals surface area contributed by atoms with Crippen LogP contribution in [0.15, 0.2) is 63.8 Å². The number of hydrogen-bond acceptors (Lipinski definition) is 8. The molecule has 0 radical (unpaired) electrons. The first kappa shape index (κ1) is 34.5. The number of rotatable bonds is 16. The number of fused-ring (bicyclic) bond motifs is 1. The number of carbonyl (C=O) groups excluding carboxylic acids is 4. The summed E-state index contributed by atoms with van der Waals surface area (Å²) in [5.41, 5.74) is 7.27. The van der Waals surface area contributed by atoms with Gasteiger partial charge in [0.25, 0.3) is 0 Å². The summed E-state index contributed by atoms with van der Waals surface area (Å²) in [5, 5.41) is 20.1. The lowest BCUT2D eigenvalue weighted by atomic mass is 10.0. The Morgan fingerprint density at radius 2 is 1.58 bits per heavy atom. The van der Waals surface area contributed by atoms with Crippen molar-refractivity contribution in [2.45, 2.75) is 70.5 Å². The first-order valence-corrected chi connectivity index (χ1v) is 14.7. The number of aliphatic carboxylic acids is 1. The molecule has 3 rings (SSSR count). The summed E-state index contributed by atoms with van der Waals surface area (Å²) < 4.78 is 5.28. The Hall–Kier alpha value is -5.04. The fraction of sp³-hybridized carbons (Fsp3) is 0.375. The van der Waals surface area contributed by atoms with Gasteiger partial charge in [0.05, 0.1) is 6.42 Å². The van der Waals surface area contributed by atoms with Crippen LogP contribution < -0.4 is 32.6 Å². The molecule has 7 N–H and O–H groups in total. The highest BCUT2D eigenvalue weighted by Gasteiger charge is 2.29. The number of carboxylic acid groups (broad SMARTS) is 1. The van der Waals surface area contributed by atoms with Crippen LogP contribution in [0.25, 0.3) is 11.0 Å². The number of aryl methyl sites for hydroxylation is 1. The molecule has 13 heteroatoms. The van der Waals surface area contributed by atoms with Crippen molar-refractivity contribution in [3.8, 4) is 0 Å². The minimum atomic E-state index is -1.14. The fourth-order valence-electron chi connectivity index (χ4n) is 4.62. The SMILES string of the molecule is Cc1cc(=O)oc2cc(NC(=O)[C@H](CCCCN)NC(=O)[C@H](Cc3ccccc3)NC(=O)[C@H](C)NC(=O)CCC(=O)O)ccc12. The molecule has 0 fully saturated rings. The van der Waals surface area contributed by atoms with E-state index in [-0.39, 0.29) is 25.7 Å². The minimum Gasteiger partial charge on any atom is -0.481 e. The predicted octanol–water partition coefficient (Wildman–Crippen LogP) is 1.75. The summed E-state index contributed by atoms with van der Waals surface area (Å²) in [6.07, 6.45) is 0.819. The molecule has 4 amide bonds. The van der Waals surface area contributed by atoms with Gasteiger partial charge in [0.2, 0.25) is 23.6 Å². The summed E-state index contributed by atoms with van der Waals surface area (Å²) in [4.78, 5) is 74.7. The van der Waals surface area contributed by atoms with E-state index in [4.69, 9.17) is 15.3 Å². The summed E-state index contributed by atoms with van der Waals surface area (Å²) in [6, 6.07) is 12.1. The average molecular weight is 622 g/mol. The van der Waals surface area contributed by atoms with Gasteiger partial charge >= 0.3 is 11.6 Å². The van der Waals surface area contributed by atoms with E-state index < -0.39 is 53.3 Å². The normalized spacial score (nSPS) is 12.9. The van der Waals surface area contributed by atoms with E-state index in [0.717, 1.165) is 11.1 Å². The van der Waals surface area contributed by atoms with Crippen LogP contribution in [0.2, 0.25) is 0 Å². The van der Waals surface area contributed by atoms with Gasteiger partial charge in [-0.2, -0.15) is 0 Å². The Morgan fingerprint density at radius 1 is 0.867 bits per heavy atom. The number of nitrogens with two attached hydrogens (primary N) is 1. The van der Waals surface area contributed by atoms with Crippen molar-refractivity contribution in [3.05, 3.63) is 76.1 Å². The molecule has 0 spiro atoms. The van der Waals surface area contributed by atoms with Gasteiger partial charge in [-0.25, -0.2) is 4.79 Å². The monoisotopic (exact) mass is 621 g/mol. The van der Waals surface area contributed by atoms with Gasteiger partial charge in [-0.1, -0.05) is 30.3 Å². The summed E-state index contributed by atoms with van der Waals surface area (Å²) in [5.74, 6) is -3.56. The predicted molar refractivity (Wildman–Crippen MR) is 167 cm³/mol. The second-order valence-corrected chi connectivity index (χ2v) is 10.7. The number of unbranched alkanes of at least 4 members (excludes halogenated alkanes) is 1. The number of nitrogens with one attached hydrogen (secondary N) is 4. The zero-order valence-electron chi connectivity index (χ0n) is 25.3. The molecule has 13 nitrogen and oxygen atoms in total. The highest BCUT2D eigenvalue weighted by Crippen LogP contribution is 2.21. The highest BCUT2D eigenvalue weighted by atomic mass is 16.4. The second-order valence-electron chi connectivity index (χ2n) is 10.7. The lowest BCUT2D eigenvalue weighted by molar-refractivity contribution is -0.139.